The molecule has 7 heteroatoms. The molecule has 5 rings (SSSR count). The Morgan fingerprint density at radius 2 is 1.87 bits per heavy atom. The third kappa shape index (κ3) is 4.26. The van der Waals surface area contributed by atoms with Gasteiger partial charge in [0.25, 0.3) is 0 Å². The molecule has 3 heterocycles. The number of ether oxygens (including phenoxy) is 1. The van der Waals surface area contributed by atoms with Gasteiger partial charge in [-0.05, 0) is 60.6 Å². The lowest BCUT2D eigenvalue weighted by Crippen LogP contribution is -2.23. The first-order valence-corrected chi connectivity index (χ1v) is 10.2. The molecule has 0 atom stereocenters. The van der Waals surface area contributed by atoms with Crippen molar-refractivity contribution in [1.82, 2.24) is 9.97 Å². The number of hydrogen-bond acceptors (Lipinski definition) is 4. The molecule has 0 amide bonds. The first-order valence-electron chi connectivity index (χ1n) is 10.2. The number of aromatic nitrogens is 2. The average molecular weight is 423 g/mol. The first kappa shape index (κ1) is 19.6. The maximum absolute atomic E-state index is 12.3. The Hall–Kier alpha value is -3.35. The summed E-state index contributed by atoms with van der Waals surface area (Å²) in [6, 6.07) is 15.3. The Labute approximate surface area is 178 Å². The third-order valence-corrected chi connectivity index (χ3v) is 5.42. The summed E-state index contributed by atoms with van der Waals surface area (Å²) in [5, 5.41) is 0. The number of allylic oxidation sites excluding steroid dienone is 2. The van der Waals surface area contributed by atoms with Crippen LogP contribution in [0.15, 0.2) is 72.7 Å². The Kier molecular flexibility index (Phi) is 4.88. The zero-order chi connectivity index (χ0) is 21.4. The smallest absolute Gasteiger partial charge is 0.422 e. The fraction of sp³-hybridized carbons (Fsp3) is 0.250. The third-order valence-electron chi connectivity index (χ3n) is 5.42. The summed E-state index contributed by atoms with van der Waals surface area (Å²) >= 11 is 0. The van der Waals surface area contributed by atoms with Crippen molar-refractivity contribution >= 4 is 11.5 Å². The molecule has 2 aliphatic rings. The van der Waals surface area contributed by atoms with E-state index in [1.807, 2.05) is 24.4 Å². The van der Waals surface area contributed by atoms with E-state index in [-0.39, 0.29) is 5.88 Å². The lowest BCUT2D eigenvalue weighted by molar-refractivity contribution is -0.154. The van der Waals surface area contributed by atoms with E-state index in [2.05, 4.69) is 39.1 Å². The van der Waals surface area contributed by atoms with Gasteiger partial charge in [-0.1, -0.05) is 24.3 Å². The number of alkyl halides is 3. The predicted molar refractivity (Wildman–Crippen MR) is 112 cm³/mol. The Morgan fingerprint density at radius 1 is 1.00 bits per heavy atom. The highest BCUT2D eigenvalue weighted by Gasteiger charge is 2.34. The van der Waals surface area contributed by atoms with E-state index in [9.17, 15) is 13.2 Å². The van der Waals surface area contributed by atoms with Crippen LogP contribution in [0, 0.1) is 5.92 Å². The van der Waals surface area contributed by atoms with Gasteiger partial charge < -0.3 is 4.74 Å². The lowest BCUT2D eigenvalue weighted by Gasteiger charge is -2.32. The fourth-order valence-corrected chi connectivity index (χ4v) is 3.84. The predicted octanol–water partition coefficient (Wildman–Crippen LogP) is 6.07. The van der Waals surface area contributed by atoms with Gasteiger partial charge in [0, 0.05) is 35.4 Å². The summed E-state index contributed by atoms with van der Waals surface area (Å²) in [4.78, 5) is 10.9. The van der Waals surface area contributed by atoms with Crippen LogP contribution in [0.5, 0.6) is 5.88 Å². The van der Waals surface area contributed by atoms with Crippen molar-refractivity contribution in [3.8, 4) is 17.0 Å². The number of rotatable bonds is 5. The highest BCUT2D eigenvalue weighted by atomic mass is 19.4. The Morgan fingerprint density at radius 3 is 2.61 bits per heavy atom. The van der Waals surface area contributed by atoms with Gasteiger partial charge in [0.15, 0.2) is 6.61 Å². The molecule has 158 valence electrons. The van der Waals surface area contributed by atoms with E-state index in [1.165, 1.54) is 36.4 Å². The highest BCUT2D eigenvalue weighted by molar-refractivity contribution is 5.76. The van der Waals surface area contributed by atoms with E-state index >= 15 is 0 Å². The molecular formula is C24H20F3N3O. The van der Waals surface area contributed by atoms with Gasteiger partial charge in [-0.25, -0.2) is 9.97 Å². The van der Waals surface area contributed by atoms with Crippen molar-refractivity contribution in [1.29, 1.82) is 0 Å². The number of benzene rings is 1. The van der Waals surface area contributed by atoms with Crippen LogP contribution < -0.4 is 9.64 Å². The van der Waals surface area contributed by atoms with Crippen molar-refractivity contribution in [2.45, 2.75) is 25.4 Å². The summed E-state index contributed by atoms with van der Waals surface area (Å²) in [7, 11) is 0. The molecule has 2 aromatic heterocycles. The van der Waals surface area contributed by atoms with Gasteiger partial charge in [-0.3, -0.25) is 4.90 Å². The number of halogens is 3. The SMILES string of the molecule is FC(F)(F)COc1ccc(-c2cccc(N3C(C4CC4)=CCc4cccnc43)c2)cn1. The summed E-state index contributed by atoms with van der Waals surface area (Å²) in [6.45, 7) is -1.35. The van der Waals surface area contributed by atoms with E-state index < -0.39 is 12.8 Å². The molecule has 0 bridgehead atoms. The quantitative estimate of drug-likeness (QED) is 0.499. The van der Waals surface area contributed by atoms with Gasteiger partial charge in [-0.15, -0.1) is 0 Å². The second-order valence-corrected chi connectivity index (χ2v) is 7.77. The second kappa shape index (κ2) is 7.72. The second-order valence-electron chi connectivity index (χ2n) is 7.77. The first-order chi connectivity index (χ1) is 15.0. The standard InChI is InChI=1S/C24H20F3N3O/c25-24(26,27)15-31-22-11-9-19(14-29-22)18-3-1-5-20(13-18)30-21(16-6-7-16)10-8-17-4-2-12-28-23(17)30/h1-5,9-14,16H,6-8,15H2. The van der Waals surface area contributed by atoms with Crippen molar-refractivity contribution < 1.29 is 17.9 Å². The summed E-state index contributed by atoms with van der Waals surface area (Å²) in [6.07, 6.45) is 4.51. The largest absolute Gasteiger partial charge is 0.468 e. The molecule has 0 unspecified atom stereocenters. The van der Waals surface area contributed by atoms with Gasteiger partial charge in [0.05, 0.1) is 0 Å². The van der Waals surface area contributed by atoms with Gasteiger partial charge >= 0.3 is 6.18 Å². The highest BCUT2D eigenvalue weighted by Crippen LogP contribution is 2.46. The van der Waals surface area contributed by atoms with Crippen LogP contribution in [0.4, 0.5) is 24.7 Å². The monoisotopic (exact) mass is 423 g/mol. The maximum atomic E-state index is 12.3. The average Bonchev–Trinajstić information content (AvgIpc) is 3.62. The van der Waals surface area contributed by atoms with Crippen LogP contribution in [0.25, 0.3) is 11.1 Å². The summed E-state index contributed by atoms with van der Waals surface area (Å²) in [5.41, 5.74) is 5.21. The van der Waals surface area contributed by atoms with Crippen LogP contribution in [-0.4, -0.2) is 22.8 Å². The van der Waals surface area contributed by atoms with E-state index in [0.717, 1.165) is 29.1 Å². The number of anilines is 2. The summed E-state index contributed by atoms with van der Waals surface area (Å²) in [5.74, 6) is 1.47. The van der Waals surface area contributed by atoms with E-state index in [1.54, 1.807) is 6.07 Å². The number of fused-ring (bicyclic) bond motifs is 1. The molecule has 3 aromatic rings. The molecule has 0 radical (unpaired) electrons. The van der Waals surface area contributed by atoms with Crippen molar-refractivity contribution in [2.24, 2.45) is 5.92 Å². The zero-order valence-electron chi connectivity index (χ0n) is 16.6. The topological polar surface area (TPSA) is 38.2 Å². The summed E-state index contributed by atoms with van der Waals surface area (Å²) < 4.78 is 41.7. The molecule has 1 aromatic carbocycles. The molecule has 31 heavy (non-hydrogen) atoms. The minimum Gasteiger partial charge on any atom is -0.468 e. The number of hydrogen-bond donors (Lipinski definition) is 0. The molecule has 1 fully saturated rings. The molecule has 0 saturated heterocycles. The molecule has 1 aliphatic carbocycles. The zero-order valence-corrected chi connectivity index (χ0v) is 16.6. The maximum Gasteiger partial charge on any atom is 0.422 e. The van der Waals surface area contributed by atoms with Crippen molar-refractivity contribution in [3.63, 3.8) is 0 Å². The molecule has 0 N–H and O–H groups in total. The molecular weight excluding hydrogens is 403 g/mol. The molecule has 1 saturated carbocycles. The van der Waals surface area contributed by atoms with Gasteiger partial charge in [-0.2, -0.15) is 13.2 Å². The normalized spacial score (nSPS) is 16.0. The minimum atomic E-state index is -4.39. The van der Waals surface area contributed by atoms with Crippen molar-refractivity contribution in [2.75, 3.05) is 11.5 Å². The van der Waals surface area contributed by atoms with Crippen molar-refractivity contribution in [3.05, 3.63) is 78.3 Å². The minimum absolute atomic E-state index is 0.0506. The fourth-order valence-electron chi connectivity index (χ4n) is 3.84. The molecule has 4 nitrogen and oxygen atoms in total. The number of nitrogens with zero attached hydrogens (tertiary/aromatic N) is 3. The Bertz CT molecular complexity index is 1120. The van der Waals surface area contributed by atoms with Crippen LogP contribution in [0.2, 0.25) is 0 Å². The van der Waals surface area contributed by atoms with E-state index in [0.29, 0.717) is 5.92 Å². The van der Waals surface area contributed by atoms with Crippen LogP contribution in [0.1, 0.15) is 18.4 Å². The lowest BCUT2D eigenvalue weighted by atomic mass is 10.0. The Balaban J connectivity index is 1.45. The number of pyridine rings is 2. The van der Waals surface area contributed by atoms with Crippen LogP contribution >= 0.6 is 0 Å². The van der Waals surface area contributed by atoms with Gasteiger partial charge in [0.2, 0.25) is 5.88 Å². The van der Waals surface area contributed by atoms with Crippen LogP contribution in [0.3, 0.4) is 0 Å². The van der Waals surface area contributed by atoms with E-state index in [4.69, 9.17) is 4.74 Å². The van der Waals surface area contributed by atoms with Crippen LogP contribution in [-0.2, 0) is 6.42 Å². The molecule has 1 aliphatic heterocycles. The van der Waals surface area contributed by atoms with Gasteiger partial charge in [0.1, 0.15) is 5.82 Å². The molecule has 0 spiro atoms.